The number of hydrogen-bond acceptors (Lipinski definition) is 3. The minimum Gasteiger partial charge on any atom is -0.354 e. The molecular formula is C20H19BrClN3O2. The van der Waals surface area contributed by atoms with Gasteiger partial charge < -0.3 is 5.32 Å². The second-order valence-electron chi connectivity index (χ2n) is 7.01. The van der Waals surface area contributed by atoms with E-state index in [0.717, 1.165) is 10.0 Å². The molecule has 5 nitrogen and oxygen atoms in total. The van der Waals surface area contributed by atoms with E-state index >= 15 is 0 Å². The van der Waals surface area contributed by atoms with Gasteiger partial charge in [0.1, 0.15) is 6.54 Å². The molecule has 1 N–H and O–H groups in total. The van der Waals surface area contributed by atoms with Gasteiger partial charge in [0.15, 0.2) is 0 Å². The monoisotopic (exact) mass is 447 g/mol. The van der Waals surface area contributed by atoms with Gasteiger partial charge in [0, 0.05) is 21.5 Å². The van der Waals surface area contributed by atoms with Crippen LogP contribution in [0.3, 0.4) is 0 Å². The van der Waals surface area contributed by atoms with E-state index in [-0.39, 0.29) is 23.4 Å². The first-order valence-corrected chi connectivity index (χ1v) is 9.61. The molecule has 140 valence electrons. The first-order valence-electron chi connectivity index (χ1n) is 8.44. The molecule has 0 aliphatic heterocycles. The van der Waals surface area contributed by atoms with Crippen LogP contribution in [0.15, 0.2) is 58.1 Å². The molecule has 7 heteroatoms. The van der Waals surface area contributed by atoms with Crippen LogP contribution in [-0.2, 0) is 16.8 Å². The van der Waals surface area contributed by atoms with Gasteiger partial charge in [-0.15, -0.1) is 0 Å². The maximum atomic E-state index is 12.6. The highest BCUT2D eigenvalue weighted by atomic mass is 79.9. The molecular weight excluding hydrogens is 430 g/mol. The predicted octanol–water partition coefficient (Wildman–Crippen LogP) is 3.91. The third-order valence-electron chi connectivity index (χ3n) is 4.43. The second kappa shape index (κ2) is 7.82. The van der Waals surface area contributed by atoms with Gasteiger partial charge in [-0.3, -0.25) is 14.2 Å². The highest BCUT2D eigenvalue weighted by molar-refractivity contribution is 9.10. The van der Waals surface area contributed by atoms with Crippen LogP contribution in [0.1, 0.15) is 19.4 Å². The molecule has 0 fully saturated rings. The van der Waals surface area contributed by atoms with E-state index in [1.54, 1.807) is 12.1 Å². The summed E-state index contributed by atoms with van der Waals surface area (Å²) in [6.07, 6.45) is 1.40. The summed E-state index contributed by atoms with van der Waals surface area (Å²) in [5.74, 6) is -0.247. The fraction of sp³-hybridized carbons (Fsp3) is 0.250. The van der Waals surface area contributed by atoms with Gasteiger partial charge in [-0.1, -0.05) is 53.5 Å². The molecule has 0 radical (unpaired) electrons. The highest BCUT2D eigenvalue weighted by Gasteiger charge is 2.22. The minimum atomic E-state index is -0.294. The lowest BCUT2D eigenvalue weighted by atomic mass is 9.84. The standard InChI is InChI=1S/C20H19BrClN3O2/c1-20(2,13-4-3-5-15(22)8-13)11-23-18(26)10-25-12-24-17-7-6-14(21)9-16(17)19(25)27/h3-9,12H,10-11H2,1-2H3,(H,23,26). The lowest BCUT2D eigenvalue weighted by Gasteiger charge is -2.26. The van der Waals surface area contributed by atoms with E-state index in [1.807, 2.05) is 44.2 Å². The first-order chi connectivity index (χ1) is 12.8. The normalized spacial score (nSPS) is 11.6. The number of amides is 1. The summed E-state index contributed by atoms with van der Waals surface area (Å²) in [5.41, 5.74) is 1.09. The van der Waals surface area contributed by atoms with Crippen molar-refractivity contribution in [1.82, 2.24) is 14.9 Å². The quantitative estimate of drug-likeness (QED) is 0.644. The molecule has 0 saturated heterocycles. The summed E-state index contributed by atoms with van der Waals surface area (Å²) in [5, 5.41) is 4.03. The van der Waals surface area contributed by atoms with Gasteiger partial charge in [-0.2, -0.15) is 0 Å². The maximum absolute atomic E-state index is 12.6. The number of aromatic nitrogens is 2. The number of carbonyl (C=O) groups excluding carboxylic acids is 1. The third kappa shape index (κ3) is 4.57. The molecule has 0 unspecified atom stereocenters. The van der Waals surface area contributed by atoms with Gasteiger partial charge in [-0.05, 0) is 35.9 Å². The molecule has 0 aliphatic rings. The predicted molar refractivity (Wildman–Crippen MR) is 111 cm³/mol. The molecule has 1 heterocycles. The van der Waals surface area contributed by atoms with E-state index in [1.165, 1.54) is 10.9 Å². The summed E-state index contributed by atoms with van der Waals surface area (Å²) < 4.78 is 2.11. The number of hydrogen-bond donors (Lipinski definition) is 1. The van der Waals surface area contributed by atoms with E-state index in [4.69, 9.17) is 11.6 Å². The van der Waals surface area contributed by atoms with Gasteiger partial charge in [0.2, 0.25) is 5.91 Å². The highest BCUT2D eigenvalue weighted by Crippen LogP contribution is 2.24. The first kappa shape index (κ1) is 19.6. The number of benzene rings is 2. The minimum absolute atomic E-state index is 0.0834. The molecule has 0 aliphatic carbocycles. The van der Waals surface area contributed by atoms with Crippen molar-refractivity contribution in [2.45, 2.75) is 25.8 Å². The summed E-state index contributed by atoms with van der Waals surface area (Å²) in [4.78, 5) is 29.2. The molecule has 0 saturated carbocycles. The maximum Gasteiger partial charge on any atom is 0.261 e. The molecule has 3 rings (SSSR count). The lowest BCUT2D eigenvalue weighted by molar-refractivity contribution is -0.121. The number of rotatable bonds is 5. The van der Waals surface area contributed by atoms with Gasteiger partial charge in [-0.25, -0.2) is 4.98 Å². The lowest BCUT2D eigenvalue weighted by Crippen LogP contribution is -2.39. The van der Waals surface area contributed by atoms with Crippen LogP contribution in [0.5, 0.6) is 0 Å². The van der Waals surface area contributed by atoms with E-state index < -0.39 is 0 Å². The van der Waals surface area contributed by atoms with Crippen molar-refractivity contribution in [3.63, 3.8) is 0 Å². The Morgan fingerprint density at radius 3 is 2.78 bits per heavy atom. The smallest absolute Gasteiger partial charge is 0.261 e. The van der Waals surface area contributed by atoms with Crippen LogP contribution in [-0.4, -0.2) is 22.0 Å². The number of nitrogens with zero attached hydrogens (tertiary/aromatic N) is 2. The van der Waals surface area contributed by atoms with Crippen LogP contribution in [0.2, 0.25) is 5.02 Å². The number of carbonyl (C=O) groups is 1. The summed E-state index contributed by atoms with van der Waals surface area (Å²) >= 11 is 9.41. The molecule has 2 aromatic carbocycles. The molecule has 3 aromatic rings. The Kier molecular flexibility index (Phi) is 5.67. The van der Waals surface area contributed by atoms with Crippen molar-refractivity contribution < 1.29 is 4.79 Å². The van der Waals surface area contributed by atoms with Crippen LogP contribution in [0.4, 0.5) is 0 Å². The van der Waals surface area contributed by atoms with Gasteiger partial charge in [0.05, 0.1) is 17.2 Å². The van der Waals surface area contributed by atoms with E-state index in [0.29, 0.717) is 22.5 Å². The fourth-order valence-corrected chi connectivity index (χ4v) is 3.34. The fourth-order valence-electron chi connectivity index (χ4n) is 2.79. The number of halogens is 2. The van der Waals surface area contributed by atoms with Gasteiger partial charge >= 0.3 is 0 Å². The number of nitrogens with one attached hydrogen (secondary N) is 1. The Hall–Kier alpha value is -2.18. The average molecular weight is 449 g/mol. The molecule has 0 bridgehead atoms. The zero-order chi connectivity index (χ0) is 19.6. The topological polar surface area (TPSA) is 64.0 Å². The van der Waals surface area contributed by atoms with Crippen molar-refractivity contribution in [1.29, 1.82) is 0 Å². The summed E-state index contributed by atoms with van der Waals surface area (Å²) in [7, 11) is 0. The van der Waals surface area contributed by atoms with Crippen molar-refractivity contribution in [2.24, 2.45) is 0 Å². The third-order valence-corrected chi connectivity index (χ3v) is 5.16. The molecule has 1 amide bonds. The zero-order valence-corrected chi connectivity index (χ0v) is 17.3. The Labute approximate surface area is 170 Å². The largest absolute Gasteiger partial charge is 0.354 e. The van der Waals surface area contributed by atoms with Crippen LogP contribution < -0.4 is 10.9 Å². The van der Waals surface area contributed by atoms with E-state index in [2.05, 4.69) is 26.2 Å². The van der Waals surface area contributed by atoms with Crippen molar-refractivity contribution >= 4 is 44.3 Å². The van der Waals surface area contributed by atoms with Crippen LogP contribution in [0, 0.1) is 0 Å². The Bertz CT molecular complexity index is 1060. The molecule has 1 aromatic heterocycles. The van der Waals surface area contributed by atoms with Crippen molar-refractivity contribution in [3.8, 4) is 0 Å². The average Bonchev–Trinajstić information content (AvgIpc) is 2.63. The summed E-state index contributed by atoms with van der Waals surface area (Å²) in [6, 6.07) is 12.9. The SMILES string of the molecule is CC(C)(CNC(=O)Cn1cnc2ccc(Br)cc2c1=O)c1cccc(Cl)c1. The van der Waals surface area contributed by atoms with Crippen LogP contribution >= 0.6 is 27.5 Å². The van der Waals surface area contributed by atoms with Crippen LogP contribution in [0.25, 0.3) is 10.9 Å². The van der Waals surface area contributed by atoms with Crippen molar-refractivity contribution in [3.05, 3.63) is 74.2 Å². The Balaban J connectivity index is 1.72. The summed E-state index contributed by atoms with van der Waals surface area (Å²) in [6.45, 7) is 4.40. The molecule has 0 atom stereocenters. The van der Waals surface area contributed by atoms with Gasteiger partial charge in [0.25, 0.3) is 5.56 Å². The molecule has 0 spiro atoms. The van der Waals surface area contributed by atoms with E-state index in [9.17, 15) is 9.59 Å². The molecule has 27 heavy (non-hydrogen) atoms. The zero-order valence-electron chi connectivity index (χ0n) is 15.0. The van der Waals surface area contributed by atoms with Crippen molar-refractivity contribution in [2.75, 3.05) is 6.54 Å². The Morgan fingerprint density at radius 1 is 1.26 bits per heavy atom. The number of fused-ring (bicyclic) bond motifs is 1. The second-order valence-corrected chi connectivity index (χ2v) is 8.36. The Morgan fingerprint density at radius 2 is 2.04 bits per heavy atom.